The van der Waals surface area contributed by atoms with Gasteiger partial charge < -0.3 is 24.8 Å². The number of hydrogen-bond acceptors (Lipinski definition) is 5. The van der Waals surface area contributed by atoms with Crippen molar-refractivity contribution in [3.05, 3.63) is 77.4 Å². The number of aryl methyl sites for hydroxylation is 2. The van der Waals surface area contributed by atoms with Gasteiger partial charge in [0.05, 0.1) is 14.2 Å². The average molecular weight is 447 g/mol. The Hall–Kier alpha value is -4.00. The summed E-state index contributed by atoms with van der Waals surface area (Å²) in [5.41, 5.74) is 4.49. The smallest absolute Gasteiger partial charge is 0.262 e. The molecule has 7 nitrogen and oxygen atoms in total. The molecule has 0 heterocycles. The van der Waals surface area contributed by atoms with Crippen molar-refractivity contribution in [3.63, 3.8) is 0 Å². The van der Waals surface area contributed by atoms with Gasteiger partial charge in [-0.1, -0.05) is 6.07 Å². The van der Waals surface area contributed by atoms with E-state index in [2.05, 4.69) is 16.7 Å². The second kappa shape index (κ2) is 10.1. The summed E-state index contributed by atoms with van der Waals surface area (Å²) < 4.78 is 16.1. The van der Waals surface area contributed by atoms with E-state index < -0.39 is 0 Å². The molecule has 0 atom stereocenters. The maximum atomic E-state index is 12.7. The third kappa shape index (κ3) is 5.44. The third-order valence-corrected chi connectivity index (χ3v) is 5.51. The largest absolute Gasteiger partial charge is 0.497 e. The second-order valence-electron chi connectivity index (χ2n) is 7.72. The first-order valence-electron chi connectivity index (χ1n) is 10.7. The molecule has 1 aliphatic carbocycles. The predicted octanol–water partition coefficient (Wildman–Crippen LogP) is 4.46. The van der Waals surface area contributed by atoms with Gasteiger partial charge in [-0.05, 0) is 85.0 Å². The summed E-state index contributed by atoms with van der Waals surface area (Å²) in [6.07, 6.45) is 3.30. The SMILES string of the molecule is COc1ccc(NC(=O)COc2ccc(C(=O)Nc3ccc4c(c3)CCC4)cc2OC)cc1. The van der Waals surface area contributed by atoms with E-state index in [1.165, 1.54) is 18.2 Å². The van der Waals surface area contributed by atoms with E-state index in [1.807, 2.05) is 12.1 Å². The fourth-order valence-corrected chi connectivity index (χ4v) is 3.80. The zero-order chi connectivity index (χ0) is 23.2. The van der Waals surface area contributed by atoms with E-state index in [0.29, 0.717) is 28.5 Å². The van der Waals surface area contributed by atoms with Crippen molar-refractivity contribution >= 4 is 23.2 Å². The summed E-state index contributed by atoms with van der Waals surface area (Å²) in [6, 6.07) is 17.9. The van der Waals surface area contributed by atoms with Crippen LogP contribution in [0.5, 0.6) is 17.2 Å². The molecule has 0 unspecified atom stereocenters. The Morgan fingerprint density at radius 2 is 1.55 bits per heavy atom. The number of fused-ring (bicyclic) bond motifs is 1. The molecule has 3 aromatic carbocycles. The maximum absolute atomic E-state index is 12.7. The van der Waals surface area contributed by atoms with Crippen LogP contribution in [-0.2, 0) is 17.6 Å². The summed E-state index contributed by atoms with van der Waals surface area (Å²) in [5, 5.41) is 5.69. The molecule has 0 aliphatic heterocycles. The van der Waals surface area contributed by atoms with Gasteiger partial charge in [-0.3, -0.25) is 9.59 Å². The molecule has 7 heteroatoms. The number of ether oxygens (including phenoxy) is 3. The van der Waals surface area contributed by atoms with Gasteiger partial charge in [0.1, 0.15) is 5.75 Å². The number of anilines is 2. The Morgan fingerprint density at radius 1 is 0.788 bits per heavy atom. The highest BCUT2D eigenvalue weighted by molar-refractivity contribution is 6.04. The minimum absolute atomic E-state index is 0.205. The highest BCUT2D eigenvalue weighted by atomic mass is 16.5. The Kier molecular flexibility index (Phi) is 6.78. The van der Waals surface area contributed by atoms with Gasteiger partial charge in [0.15, 0.2) is 18.1 Å². The van der Waals surface area contributed by atoms with Crippen LogP contribution >= 0.6 is 0 Å². The van der Waals surface area contributed by atoms with Crippen molar-refractivity contribution in [1.82, 2.24) is 0 Å². The number of carbonyl (C=O) groups excluding carboxylic acids is 2. The molecule has 2 N–H and O–H groups in total. The highest BCUT2D eigenvalue weighted by Gasteiger charge is 2.15. The number of carbonyl (C=O) groups is 2. The van der Waals surface area contributed by atoms with Gasteiger partial charge in [0.25, 0.3) is 11.8 Å². The highest BCUT2D eigenvalue weighted by Crippen LogP contribution is 2.29. The third-order valence-electron chi connectivity index (χ3n) is 5.51. The summed E-state index contributed by atoms with van der Waals surface area (Å²) in [5.74, 6) is 0.885. The minimum atomic E-state index is -0.319. The first-order chi connectivity index (χ1) is 16.1. The Bertz CT molecular complexity index is 1160. The molecular formula is C26H26N2O5. The van der Waals surface area contributed by atoms with E-state index in [9.17, 15) is 9.59 Å². The van der Waals surface area contributed by atoms with Crippen LogP contribution in [0, 0.1) is 0 Å². The van der Waals surface area contributed by atoms with Gasteiger partial charge in [-0.25, -0.2) is 0 Å². The molecule has 4 rings (SSSR count). The predicted molar refractivity (Wildman–Crippen MR) is 127 cm³/mol. The number of nitrogens with one attached hydrogen (secondary N) is 2. The van der Waals surface area contributed by atoms with Crippen LogP contribution < -0.4 is 24.8 Å². The van der Waals surface area contributed by atoms with Gasteiger partial charge in [0.2, 0.25) is 0 Å². The van der Waals surface area contributed by atoms with Crippen LogP contribution in [0.2, 0.25) is 0 Å². The number of rotatable bonds is 8. The fourth-order valence-electron chi connectivity index (χ4n) is 3.80. The molecule has 170 valence electrons. The topological polar surface area (TPSA) is 85.9 Å². The number of benzene rings is 3. The van der Waals surface area contributed by atoms with Crippen LogP contribution in [0.1, 0.15) is 27.9 Å². The standard InChI is InChI=1S/C26H26N2O5/c1-31-22-11-9-20(10-12-22)27-25(29)16-33-23-13-7-19(15-24(23)32-2)26(30)28-21-8-6-17-4-3-5-18(17)14-21/h6-15H,3-5,16H2,1-2H3,(H,27,29)(H,28,30). The molecule has 33 heavy (non-hydrogen) atoms. The number of hydrogen-bond donors (Lipinski definition) is 2. The van der Waals surface area contributed by atoms with Crippen molar-refractivity contribution in [2.45, 2.75) is 19.3 Å². The van der Waals surface area contributed by atoms with Crippen LogP contribution in [0.25, 0.3) is 0 Å². The molecule has 2 amide bonds. The lowest BCUT2D eigenvalue weighted by atomic mass is 10.1. The molecule has 0 saturated carbocycles. The zero-order valence-electron chi connectivity index (χ0n) is 18.6. The summed E-state index contributed by atoms with van der Waals surface area (Å²) in [7, 11) is 3.07. The van der Waals surface area contributed by atoms with E-state index >= 15 is 0 Å². The van der Waals surface area contributed by atoms with Crippen LogP contribution in [0.3, 0.4) is 0 Å². The lowest BCUT2D eigenvalue weighted by Crippen LogP contribution is -2.20. The Balaban J connectivity index is 1.36. The number of amides is 2. The van der Waals surface area contributed by atoms with Gasteiger partial charge in [0, 0.05) is 16.9 Å². The van der Waals surface area contributed by atoms with Gasteiger partial charge >= 0.3 is 0 Å². The molecule has 0 saturated heterocycles. The Morgan fingerprint density at radius 3 is 2.30 bits per heavy atom. The molecule has 0 spiro atoms. The molecule has 1 aliphatic rings. The summed E-state index contributed by atoms with van der Waals surface area (Å²) in [4.78, 5) is 25.0. The maximum Gasteiger partial charge on any atom is 0.262 e. The number of methoxy groups -OCH3 is 2. The van der Waals surface area contributed by atoms with Crippen molar-refractivity contribution in [2.24, 2.45) is 0 Å². The minimum Gasteiger partial charge on any atom is -0.497 e. The molecule has 0 fully saturated rings. The van der Waals surface area contributed by atoms with Gasteiger partial charge in [-0.15, -0.1) is 0 Å². The second-order valence-corrected chi connectivity index (χ2v) is 7.72. The molecular weight excluding hydrogens is 420 g/mol. The molecule has 0 radical (unpaired) electrons. The first-order valence-corrected chi connectivity index (χ1v) is 10.7. The normalized spacial score (nSPS) is 11.9. The summed E-state index contributed by atoms with van der Waals surface area (Å²) in [6.45, 7) is -0.205. The van der Waals surface area contributed by atoms with E-state index in [4.69, 9.17) is 14.2 Å². The van der Waals surface area contributed by atoms with Crippen LogP contribution in [-0.4, -0.2) is 32.6 Å². The monoisotopic (exact) mass is 446 g/mol. The summed E-state index contributed by atoms with van der Waals surface area (Å²) >= 11 is 0. The first kappa shape index (κ1) is 22.2. The molecule has 3 aromatic rings. The lowest BCUT2D eigenvalue weighted by Gasteiger charge is -2.13. The van der Waals surface area contributed by atoms with Crippen LogP contribution in [0.15, 0.2) is 60.7 Å². The van der Waals surface area contributed by atoms with E-state index in [-0.39, 0.29) is 18.4 Å². The van der Waals surface area contributed by atoms with Crippen molar-refractivity contribution in [3.8, 4) is 17.2 Å². The van der Waals surface area contributed by atoms with Crippen molar-refractivity contribution in [2.75, 3.05) is 31.5 Å². The van der Waals surface area contributed by atoms with E-state index in [1.54, 1.807) is 49.6 Å². The average Bonchev–Trinajstić information content (AvgIpc) is 3.31. The van der Waals surface area contributed by atoms with Gasteiger partial charge in [-0.2, -0.15) is 0 Å². The quantitative estimate of drug-likeness (QED) is 0.534. The lowest BCUT2D eigenvalue weighted by molar-refractivity contribution is -0.118. The fraction of sp³-hybridized carbons (Fsp3) is 0.231. The van der Waals surface area contributed by atoms with Crippen molar-refractivity contribution in [1.29, 1.82) is 0 Å². The molecule has 0 bridgehead atoms. The molecule has 0 aromatic heterocycles. The van der Waals surface area contributed by atoms with Crippen LogP contribution in [0.4, 0.5) is 11.4 Å². The Labute approximate surface area is 192 Å². The zero-order valence-corrected chi connectivity index (χ0v) is 18.6. The van der Waals surface area contributed by atoms with Crippen molar-refractivity contribution < 1.29 is 23.8 Å². The van der Waals surface area contributed by atoms with E-state index in [0.717, 1.165) is 24.9 Å².